The Hall–Kier alpha value is -1.29. The van der Waals surface area contributed by atoms with E-state index in [0.717, 1.165) is 12.1 Å². The molecule has 0 unspecified atom stereocenters. The molecular weight excluding hydrogens is 295 g/mol. The van der Waals surface area contributed by atoms with E-state index in [2.05, 4.69) is 24.1 Å². The van der Waals surface area contributed by atoms with Gasteiger partial charge < -0.3 is 10.1 Å². The fourth-order valence-corrected chi connectivity index (χ4v) is 1.94. The quantitative estimate of drug-likeness (QED) is 0.870. The van der Waals surface area contributed by atoms with Gasteiger partial charge in [-0.25, -0.2) is 4.98 Å². The lowest BCUT2D eigenvalue weighted by Crippen LogP contribution is -2.21. The highest BCUT2D eigenvalue weighted by Gasteiger charge is 2.07. The van der Waals surface area contributed by atoms with Crippen LogP contribution in [0.2, 0.25) is 10.0 Å². The molecular formula is C15H16Cl2N2O. The molecule has 0 atom stereocenters. The summed E-state index contributed by atoms with van der Waals surface area (Å²) in [6, 6.07) is 9.51. The molecule has 5 heteroatoms. The minimum atomic E-state index is 0.390. The standard InChI is InChI=1S/C15H16Cl2N2O/c1-10(2)19-9-11-6-7-18-14(8-11)20-13-5-3-4-12(16)15(13)17/h3-8,10,19H,9H2,1-2H3. The molecule has 20 heavy (non-hydrogen) atoms. The first kappa shape index (κ1) is 15.1. The number of nitrogens with zero attached hydrogens (tertiary/aromatic N) is 1. The van der Waals surface area contributed by atoms with E-state index >= 15 is 0 Å². The lowest BCUT2D eigenvalue weighted by molar-refractivity contribution is 0.461. The summed E-state index contributed by atoms with van der Waals surface area (Å²) >= 11 is 12.0. The van der Waals surface area contributed by atoms with E-state index < -0.39 is 0 Å². The smallest absolute Gasteiger partial charge is 0.219 e. The second-order valence-electron chi connectivity index (χ2n) is 4.69. The summed E-state index contributed by atoms with van der Waals surface area (Å²) in [6.07, 6.45) is 1.71. The summed E-state index contributed by atoms with van der Waals surface area (Å²) in [5.41, 5.74) is 1.10. The van der Waals surface area contributed by atoms with Crippen LogP contribution in [-0.2, 0) is 6.54 Å². The third-order valence-electron chi connectivity index (χ3n) is 2.64. The number of nitrogens with one attached hydrogen (secondary N) is 1. The van der Waals surface area contributed by atoms with Crippen LogP contribution in [0.3, 0.4) is 0 Å². The second-order valence-corrected chi connectivity index (χ2v) is 5.48. The van der Waals surface area contributed by atoms with Crippen molar-refractivity contribution in [1.82, 2.24) is 10.3 Å². The SMILES string of the molecule is CC(C)NCc1ccnc(Oc2cccc(Cl)c2Cl)c1. The van der Waals surface area contributed by atoms with Gasteiger partial charge in [0, 0.05) is 24.8 Å². The van der Waals surface area contributed by atoms with E-state index in [1.165, 1.54) is 0 Å². The maximum absolute atomic E-state index is 6.09. The molecule has 0 aliphatic carbocycles. The third kappa shape index (κ3) is 4.10. The Kier molecular flexibility index (Phi) is 5.24. The van der Waals surface area contributed by atoms with Gasteiger partial charge in [-0.3, -0.25) is 0 Å². The van der Waals surface area contributed by atoms with Gasteiger partial charge in [-0.1, -0.05) is 43.1 Å². The normalized spacial score (nSPS) is 10.8. The van der Waals surface area contributed by atoms with Gasteiger partial charge >= 0.3 is 0 Å². The monoisotopic (exact) mass is 310 g/mol. The Bertz CT molecular complexity index is 588. The molecule has 0 aliphatic rings. The molecule has 0 bridgehead atoms. The fraction of sp³-hybridized carbons (Fsp3) is 0.267. The average Bonchev–Trinajstić information content (AvgIpc) is 2.42. The van der Waals surface area contributed by atoms with Crippen LogP contribution in [-0.4, -0.2) is 11.0 Å². The summed E-state index contributed by atoms with van der Waals surface area (Å²) in [4.78, 5) is 4.18. The molecule has 0 aliphatic heterocycles. The molecule has 0 saturated heterocycles. The van der Waals surface area contributed by atoms with Gasteiger partial charge in [0.05, 0.1) is 5.02 Å². The molecule has 0 fully saturated rings. The number of pyridine rings is 1. The van der Waals surface area contributed by atoms with Gasteiger partial charge in [-0.05, 0) is 23.8 Å². The van der Waals surface area contributed by atoms with Crippen LogP contribution in [0.25, 0.3) is 0 Å². The van der Waals surface area contributed by atoms with Crippen LogP contribution in [0.4, 0.5) is 0 Å². The lowest BCUT2D eigenvalue weighted by Gasteiger charge is -2.10. The second kappa shape index (κ2) is 6.93. The molecule has 1 heterocycles. The fourth-order valence-electron chi connectivity index (χ4n) is 1.61. The summed E-state index contributed by atoms with van der Waals surface area (Å²) in [6.45, 7) is 4.97. The van der Waals surface area contributed by atoms with E-state index in [4.69, 9.17) is 27.9 Å². The summed E-state index contributed by atoms with van der Waals surface area (Å²) in [7, 11) is 0. The van der Waals surface area contributed by atoms with E-state index in [-0.39, 0.29) is 0 Å². The van der Waals surface area contributed by atoms with Crippen molar-refractivity contribution < 1.29 is 4.74 Å². The highest BCUT2D eigenvalue weighted by Crippen LogP contribution is 2.34. The number of ether oxygens (including phenoxy) is 1. The molecule has 2 rings (SSSR count). The van der Waals surface area contributed by atoms with E-state index in [1.807, 2.05) is 12.1 Å². The maximum Gasteiger partial charge on any atom is 0.219 e. The zero-order chi connectivity index (χ0) is 14.5. The topological polar surface area (TPSA) is 34.2 Å². The Morgan fingerprint density at radius 3 is 2.80 bits per heavy atom. The van der Waals surface area contributed by atoms with E-state index in [1.54, 1.807) is 24.4 Å². The first-order valence-corrected chi connectivity index (χ1v) is 7.12. The molecule has 0 radical (unpaired) electrons. The molecule has 0 amide bonds. The largest absolute Gasteiger partial charge is 0.437 e. The Balaban J connectivity index is 2.13. The van der Waals surface area contributed by atoms with Crippen LogP contribution in [0, 0.1) is 0 Å². The number of halogens is 2. The van der Waals surface area contributed by atoms with Gasteiger partial charge in [-0.2, -0.15) is 0 Å². The number of hydrogen-bond acceptors (Lipinski definition) is 3. The van der Waals surface area contributed by atoms with Gasteiger partial charge in [0.25, 0.3) is 0 Å². The van der Waals surface area contributed by atoms with Crippen molar-refractivity contribution in [2.75, 3.05) is 0 Å². The van der Waals surface area contributed by atoms with Gasteiger partial charge in [0.1, 0.15) is 10.8 Å². The van der Waals surface area contributed by atoms with Crippen molar-refractivity contribution in [2.45, 2.75) is 26.4 Å². The Morgan fingerprint density at radius 2 is 2.05 bits per heavy atom. The van der Waals surface area contributed by atoms with E-state index in [0.29, 0.717) is 27.7 Å². The zero-order valence-corrected chi connectivity index (χ0v) is 12.9. The summed E-state index contributed by atoms with van der Waals surface area (Å²) in [5.74, 6) is 0.998. The first-order valence-electron chi connectivity index (χ1n) is 6.36. The van der Waals surface area contributed by atoms with Crippen LogP contribution >= 0.6 is 23.2 Å². The predicted octanol–water partition coefficient (Wildman–Crippen LogP) is 4.68. The van der Waals surface area contributed by atoms with Crippen molar-refractivity contribution in [3.63, 3.8) is 0 Å². The number of benzene rings is 1. The Labute approximate surface area is 128 Å². The van der Waals surface area contributed by atoms with E-state index in [9.17, 15) is 0 Å². The molecule has 1 N–H and O–H groups in total. The van der Waals surface area contributed by atoms with Crippen LogP contribution in [0.1, 0.15) is 19.4 Å². The van der Waals surface area contributed by atoms with Crippen molar-refractivity contribution in [3.8, 4) is 11.6 Å². The number of rotatable bonds is 5. The number of aromatic nitrogens is 1. The summed E-state index contributed by atoms with van der Waals surface area (Å²) in [5, 5.41) is 4.19. The molecule has 0 saturated carbocycles. The molecule has 0 spiro atoms. The maximum atomic E-state index is 6.09. The highest BCUT2D eigenvalue weighted by molar-refractivity contribution is 6.42. The average molecular weight is 311 g/mol. The van der Waals surface area contributed by atoms with Crippen LogP contribution in [0.15, 0.2) is 36.5 Å². The zero-order valence-electron chi connectivity index (χ0n) is 11.4. The summed E-state index contributed by atoms with van der Waals surface area (Å²) < 4.78 is 5.68. The van der Waals surface area contributed by atoms with Crippen molar-refractivity contribution in [2.24, 2.45) is 0 Å². The van der Waals surface area contributed by atoms with Crippen molar-refractivity contribution in [3.05, 3.63) is 52.1 Å². The van der Waals surface area contributed by atoms with Crippen molar-refractivity contribution in [1.29, 1.82) is 0 Å². The van der Waals surface area contributed by atoms with Gasteiger partial charge in [0.2, 0.25) is 5.88 Å². The van der Waals surface area contributed by atoms with Gasteiger partial charge in [-0.15, -0.1) is 0 Å². The molecule has 106 valence electrons. The van der Waals surface area contributed by atoms with Crippen LogP contribution < -0.4 is 10.1 Å². The van der Waals surface area contributed by atoms with Crippen LogP contribution in [0.5, 0.6) is 11.6 Å². The molecule has 1 aromatic heterocycles. The number of hydrogen-bond donors (Lipinski definition) is 1. The molecule has 3 nitrogen and oxygen atoms in total. The lowest BCUT2D eigenvalue weighted by atomic mass is 10.2. The molecule has 2 aromatic rings. The molecule has 1 aromatic carbocycles. The minimum absolute atomic E-state index is 0.390. The van der Waals surface area contributed by atoms with Crippen molar-refractivity contribution >= 4 is 23.2 Å². The third-order valence-corrected chi connectivity index (χ3v) is 3.45. The predicted molar refractivity (Wildman–Crippen MR) is 82.7 cm³/mol. The first-order chi connectivity index (χ1) is 9.56. The minimum Gasteiger partial charge on any atom is -0.437 e. The Morgan fingerprint density at radius 1 is 1.25 bits per heavy atom. The highest BCUT2D eigenvalue weighted by atomic mass is 35.5. The van der Waals surface area contributed by atoms with Gasteiger partial charge in [0.15, 0.2) is 0 Å².